The molecule has 0 bridgehead atoms. The molecule has 1 radical (unpaired) electrons. The molecule has 1 amide bonds. The molecule has 1 heterocycles. The van der Waals surface area contributed by atoms with Crippen molar-refractivity contribution in [3.8, 4) is 12.3 Å². The van der Waals surface area contributed by atoms with Crippen molar-refractivity contribution >= 4 is 11.8 Å². The summed E-state index contributed by atoms with van der Waals surface area (Å²) in [4.78, 5) is 12.5. The molecule has 1 atom stereocenters. The molecule has 6 nitrogen and oxygen atoms in total. The number of hydrogen-bond donors (Lipinski definition) is 2. The van der Waals surface area contributed by atoms with Crippen LogP contribution in [0.1, 0.15) is 64.1 Å². The van der Waals surface area contributed by atoms with E-state index in [1.165, 1.54) is 11.1 Å². The van der Waals surface area contributed by atoms with Crippen LogP contribution in [0.25, 0.3) is 0 Å². The molecule has 1 fully saturated rings. The van der Waals surface area contributed by atoms with Gasteiger partial charge in [0.2, 0.25) is 0 Å². The Kier molecular flexibility index (Phi) is 5.72. The molecule has 0 spiro atoms. The molecule has 0 saturated carbocycles. The summed E-state index contributed by atoms with van der Waals surface area (Å²) in [7, 11) is 0. The van der Waals surface area contributed by atoms with Gasteiger partial charge in [0, 0.05) is 35.6 Å². The molecule has 1 saturated heterocycles. The topological polar surface area (TPSA) is 73.5 Å². The van der Waals surface area contributed by atoms with Crippen LogP contribution in [0, 0.1) is 12.3 Å². The Labute approximate surface area is 167 Å². The van der Waals surface area contributed by atoms with Gasteiger partial charge in [0.25, 0.3) is 0 Å². The summed E-state index contributed by atoms with van der Waals surface area (Å²) in [5.74, 6) is 2.61. The summed E-state index contributed by atoms with van der Waals surface area (Å²) in [6, 6.07) is 6.15. The van der Waals surface area contributed by atoms with Crippen LogP contribution >= 0.6 is 0 Å². The fraction of sp³-hybridized carbons (Fsp3) is 0.591. The number of terminal acetylenes is 1. The number of fused-ring (bicyclic) bond motifs is 1. The minimum absolute atomic E-state index is 0.215. The number of hydrogen-bond acceptors (Lipinski definition) is 4. The van der Waals surface area contributed by atoms with E-state index in [1.54, 1.807) is 0 Å². The van der Waals surface area contributed by atoms with Crippen molar-refractivity contribution in [1.82, 2.24) is 10.4 Å². The molecule has 0 aromatic heterocycles. The summed E-state index contributed by atoms with van der Waals surface area (Å²) in [5, 5.41) is 19.8. The molecule has 1 aliphatic heterocycles. The van der Waals surface area contributed by atoms with Crippen LogP contribution in [0.3, 0.4) is 0 Å². The fourth-order valence-corrected chi connectivity index (χ4v) is 4.63. The third kappa shape index (κ3) is 4.33. The zero-order chi connectivity index (χ0) is 20.5. The van der Waals surface area contributed by atoms with Crippen molar-refractivity contribution in [3.63, 3.8) is 0 Å². The standard InChI is InChI=1S/C22H30N3O3/c1-6-11-23-19-10-8-15-7-9-16(12-18(15)19)24-20(26)28-17-13-21(2,3)25(27)22(4,5)14-17/h1,7,9,12,17,19,23H,8,10-11,13-14H2,2-5H3,(H,24,26). The number of piperidine rings is 1. The Bertz CT molecular complexity index is 764. The zero-order valence-electron chi connectivity index (χ0n) is 17.2. The van der Waals surface area contributed by atoms with E-state index in [9.17, 15) is 10.0 Å². The van der Waals surface area contributed by atoms with Gasteiger partial charge in [-0.2, -0.15) is 0 Å². The highest BCUT2D eigenvalue weighted by molar-refractivity contribution is 5.85. The number of amides is 1. The van der Waals surface area contributed by atoms with Gasteiger partial charge in [-0.25, -0.2) is 4.79 Å². The predicted octanol–water partition coefficient (Wildman–Crippen LogP) is 3.81. The van der Waals surface area contributed by atoms with Crippen LogP contribution in [0.5, 0.6) is 0 Å². The highest BCUT2D eigenvalue weighted by atomic mass is 16.6. The summed E-state index contributed by atoms with van der Waals surface area (Å²) in [6.45, 7) is 8.07. The van der Waals surface area contributed by atoms with Gasteiger partial charge in [-0.05, 0) is 63.8 Å². The van der Waals surface area contributed by atoms with Crippen LogP contribution < -0.4 is 10.6 Å². The third-order valence-corrected chi connectivity index (χ3v) is 5.75. The Hall–Kier alpha value is -2.07. The van der Waals surface area contributed by atoms with Crippen LogP contribution in [0.15, 0.2) is 18.2 Å². The normalized spacial score (nSPS) is 23.6. The largest absolute Gasteiger partial charge is 0.446 e. The van der Waals surface area contributed by atoms with Crippen molar-refractivity contribution in [2.75, 3.05) is 11.9 Å². The quantitative estimate of drug-likeness (QED) is 0.774. The van der Waals surface area contributed by atoms with Crippen molar-refractivity contribution in [1.29, 1.82) is 0 Å². The van der Waals surface area contributed by atoms with Crippen LogP contribution in [0.2, 0.25) is 0 Å². The highest BCUT2D eigenvalue weighted by Crippen LogP contribution is 2.38. The number of anilines is 1. The molecular formula is C22H30N3O3. The number of rotatable bonds is 4. The van der Waals surface area contributed by atoms with E-state index < -0.39 is 17.2 Å². The maximum Gasteiger partial charge on any atom is 0.411 e. The smallest absolute Gasteiger partial charge is 0.411 e. The lowest BCUT2D eigenvalue weighted by Gasteiger charge is -2.49. The molecule has 3 rings (SSSR count). The average molecular weight is 385 g/mol. The van der Waals surface area contributed by atoms with Gasteiger partial charge in [-0.3, -0.25) is 10.6 Å². The minimum Gasteiger partial charge on any atom is -0.446 e. The number of benzene rings is 1. The van der Waals surface area contributed by atoms with Crippen molar-refractivity contribution in [2.24, 2.45) is 0 Å². The van der Waals surface area contributed by atoms with E-state index in [2.05, 4.69) is 16.6 Å². The van der Waals surface area contributed by atoms with Gasteiger partial charge in [-0.15, -0.1) is 16.7 Å². The Balaban J connectivity index is 1.64. The molecule has 151 valence electrons. The van der Waals surface area contributed by atoms with Crippen molar-refractivity contribution < 1.29 is 14.7 Å². The summed E-state index contributed by atoms with van der Waals surface area (Å²) in [6.07, 6.45) is 7.59. The van der Waals surface area contributed by atoms with Crippen molar-refractivity contribution in [2.45, 2.75) is 76.6 Å². The number of nitrogens with zero attached hydrogens (tertiary/aromatic N) is 1. The second kappa shape index (κ2) is 7.75. The zero-order valence-corrected chi connectivity index (χ0v) is 17.2. The van der Waals surface area contributed by atoms with Gasteiger partial charge >= 0.3 is 6.09 Å². The summed E-state index contributed by atoms with van der Waals surface area (Å²) >= 11 is 0. The van der Waals surface area contributed by atoms with Crippen molar-refractivity contribution in [3.05, 3.63) is 29.3 Å². The SMILES string of the molecule is C#CCNC1CCc2ccc(NC(=O)OC3CC(C)(C)N([O])C(C)(C)C3)cc21. The number of carbonyl (C=O) groups excluding carboxylic acids is 1. The number of nitrogens with one attached hydrogen (secondary N) is 2. The maximum absolute atomic E-state index is 12.5. The van der Waals surface area contributed by atoms with Gasteiger partial charge in [0.15, 0.2) is 0 Å². The average Bonchev–Trinajstić information content (AvgIpc) is 2.99. The predicted molar refractivity (Wildman–Crippen MR) is 108 cm³/mol. The number of carbonyl (C=O) groups is 1. The summed E-state index contributed by atoms with van der Waals surface area (Å²) < 4.78 is 5.67. The second-order valence-corrected chi connectivity index (χ2v) is 9.07. The molecule has 1 unspecified atom stereocenters. The minimum atomic E-state index is -0.573. The van der Waals surface area contributed by atoms with Crippen LogP contribution in [0.4, 0.5) is 10.5 Å². The lowest BCUT2D eigenvalue weighted by Crippen LogP contribution is -2.60. The number of ether oxygens (including phenoxy) is 1. The lowest BCUT2D eigenvalue weighted by molar-refractivity contribution is -0.297. The first kappa shape index (κ1) is 20.7. The highest BCUT2D eigenvalue weighted by Gasteiger charge is 2.47. The van der Waals surface area contributed by atoms with Crippen LogP contribution in [-0.4, -0.2) is 34.9 Å². The van der Waals surface area contributed by atoms with Gasteiger partial charge in [0.05, 0.1) is 6.54 Å². The Morgan fingerprint density at radius 1 is 1.29 bits per heavy atom. The van der Waals surface area contributed by atoms with Gasteiger partial charge in [0.1, 0.15) is 6.10 Å². The molecule has 28 heavy (non-hydrogen) atoms. The van der Waals surface area contributed by atoms with E-state index in [1.807, 2.05) is 45.9 Å². The van der Waals surface area contributed by atoms with E-state index in [0.717, 1.165) is 17.9 Å². The third-order valence-electron chi connectivity index (χ3n) is 5.75. The maximum atomic E-state index is 12.5. The van der Waals surface area contributed by atoms with E-state index in [0.29, 0.717) is 25.1 Å². The molecule has 2 aliphatic rings. The molecular weight excluding hydrogens is 354 g/mol. The Morgan fingerprint density at radius 3 is 2.61 bits per heavy atom. The van der Waals surface area contributed by atoms with Gasteiger partial charge in [-0.1, -0.05) is 12.0 Å². The number of hydroxylamine groups is 2. The first-order valence-corrected chi connectivity index (χ1v) is 9.87. The van der Waals surface area contributed by atoms with E-state index in [-0.39, 0.29) is 12.1 Å². The lowest BCUT2D eigenvalue weighted by atomic mass is 9.80. The molecule has 1 aromatic carbocycles. The van der Waals surface area contributed by atoms with E-state index in [4.69, 9.17) is 11.2 Å². The van der Waals surface area contributed by atoms with Gasteiger partial charge < -0.3 is 4.74 Å². The molecule has 6 heteroatoms. The summed E-state index contributed by atoms with van der Waals surface area (Å²) in [5.41, 5.74) is 2.01. The monoisotopic (exact) mass is 384 g/mol. The van der Waals surface area contributed by atoms with Crippen LogP contribution in [-0.2, 0) is 16.4 Å². The van der Waals surface area contributed by atoms with E-state index >= 15 is 0 Å². The second-order valence-electron chi connectivity index (χ2n) is 9.07. The fourth-order valence-electron chi connectivity index (χ4n) is 4.63. The number of aryl methyl sites for hydroxylation is 1. The molecule has 2 N–H and O–H groups in total. The molecule has 1 aromatic rings. The first-order chi connectivity index (χ1) is 13.1. The first-order valence-electron chi connectivity index (χ1n) is 9.87. The Morgan fingerprint density at radius 2 is 1.96 bits per heavy atom. The molecule has 1 aliphatic carbocycles.